The van der Waals surface area contributed by atoms with Crippen molar-refractivity contribution in [2.24, 2.45) is 11.3 Å². The van der Waals surface area contributed by atoms with E-state index in [2.05, 4.69) is 31.0 Å². The van der Waals surface area contributed by atoms with Crippen LogP contribution in [0.2, 0.25) is 0 Å². The van der Waals surface area contributed by atoms with Gasteiger partial charge in [0.25, 0.3) is 0 Å². The van der Waals surface area contributed by atoms with Crippen LogP contribution in [0, 0.1) is 11.3 Å². The van der Waals surface area contributed by atoms with Crippen LogP contribution in [0.25, 0.3) is 0 Å². The van der Waals surface area contributed by atoms with E-state index in [4.69, 9.17) is 0 Å². The Hall–Kier alpha value is -0.0800. The summed E-state index contributed by atoms with van der Waals surface area (Å²) < 4.78 is 0. The smallest absolute Gasteiger partial charge is 0.0136 e. The highest BCUT2D eigenvalue weighted by atomic mass is 15.2. The van der Waals surface area contributed by atoms with Crippen molar-refractivity contribution in [1.29, 1.82) is 0 Å². The van der Waals surface area contributed by atoms with Crippen molar-refractivity contribution in [2.75, 3.05) is 26.2 Å². The minimum atomic E-state index is 0.650. The van der Waals surface area contributed by atoms with Crippen LogP contribution in [0.4, 0.5) is 0 Å². The summed E-state index contributed by atoms with van der Waals surface area (Å²) in [5, 5.41) is 3.61. The monoisotopic (exact) mass is 252 g/mol. The molecule has 2 unspecified atom stereocenters. The van der Waals surface area contributed by atoms with Crippen LogP contribution < -0.4 is 5.32 Å². The summed E-state index contributed by atoms with van der Waals surface area (Å²) >= 11 is 0. The lowest BCUT2D eigenvalue weighted by molar-refractivity contribution is 0.0697. The van der Waals surface area contributed by atoms with E-state index in [1.165, 1.54) is 64.7 Å². The third-order valence-electron chi connectivity index (χ3n) is 5.65. The van der Waals surface area contributed by atoms with Gasteiger partial charge in [-0.15, -0.1) is 0 Å². The summed E-state index contributed by atoms with van der Waals surface area (Å²) in [6, 6.07) is 0.898. The maximum atomic E-state index is 3.61. The van der Waals surface area contributed by atoms with Gasteiger partial charge in [0, 0.05) is 12.6 Å². The number of likely N-dealkylation sites (tertiary alicyclic amines) is 1. The third kappa shape index (κ3) is 2.91. The van der Waals surface area contributed by atoms with Gasteiger partial charge >= 0.3 is 0 Å². The van der Waals surface area contributed by atoms with E-state index in [0.717, 1.165) is 12.0 Å². The van der Waals surface area contributed by atoms with Gasteiger partial charge in [0.15, 0.2) is 0 Å². The largest absolute Gasteiger partial charge is 0.316 e. The normalized spacial score (nSPS) is 31.5. The van der Waals surface area contributed by atoms with E-state index < -0.39 is 0 Å². The second-order valence-electron chi connectivity index (χ2n) is 6.54. The molecule has 2 fully saturated rings. The molecular formula is C16H32N2. The number of hydrogen-bond donors (Lipinski definition) is 1. The summed E-state index contributed by atoms with van der Waals surface area (Å²) in [6.45, 7) is 12.2. The molecular weight excluding hydrogens is 220 g/mol. The van der Waals surface area contributed by atoms with Crippen molar-refractivity contribution in [1.82, 2.24) is 10.2 Å². The quantitative estimate of drug-likeness (QED) is 0.700. The van der Waals surface area contributed by atoms with Crippen molar-refractivity contribution in [2.45, 2.75) is 65.3 Å². The number of hydrogen-bond acceptors (Lipinski definition) is 2. The SMILES string of the molecule is CCCNCC1CCC1N1CCC(CC)(CC)C1. The Morgan fingerprint density at radius 1 is 1.17 bits per heavy atom. The van der Waals surface area contributed by atoms with Gasteiger partial charge in [-0.2, -0.15) is 0 Å². The van der Waals surface area contributed by atoms with Crippen molar-refractivity contribution >= 4 is 0 Å². The van der Waals surface area contributed by atoms with Crippen molar-refractivity contribution in [3.05, 3.63) is 0 Å². The van der Waals surface area contributed by atoms with Crippen LogP contribution in [-0.2, 0) is 0 Å². The lowest BCUT2D eigenvalue weighted by Gasteiger charge is -2.44. The molecule has 0 spiro atoms. The number of nitrogens with zero attached hydrogens (tertiary/aromatic N) is 1. The lowest BCUT2D eigenvalue weighted by Crippen LogP contribution is -2.50. The van der Waals surface area contributed by atoms with Crippen LogP contribution in [0.1, 0.15) is 59.3 Å². The zero-order valence-corrected chi connectivity index (χ0v) is 12.7. The molecule has 0 radical (unpaired) electrons. The minimum Gasteiger partial charge on any atom is -0.316 e. The Balaban J connectivity index is 1.79. The van der Waals surface area contributed by atoms with Gasteiger partial charge in [0.2, 0.25) is 0 Å². The molecule has 0 aromatic carbocycles. The Morgan fingerprint density at radius 2 is 1.94 bits per heavy atom. The van der Waals surface area contributed by atoms with E-state index in [1.807, 2.05) is 0 Å². The van der Waals surface area contributed by atoms with E-state index in [1.54, 1.807) is 0 Å². The van der Waals surface area contributed by atoms with Crippen LogP contribution in [0.15, 0.2) is 0 Å². The van der Waals surface area contributed by atoms with Crippen molar-refractivity contribution in [3.8, 4) is 0 Å². The van der Waals surface area contributed by atoms with Crippen LogP contribution in [0.3, 0.4) is 0 Å². The maximum Gasteiger partial charge on any atom is 0.0136 e. The molecule has 1 N–H and O–H groups in total. The molecule has 1 aliphatic carbocycles. The van der Waals surface area contributed by atoms with Crippen LogP contribution in [0.5, 0.6) is 0 Å². The molecule has 1 heterocycles. The van der Waals surface area contributed by atoms with E-state index in [-0.39, 0.29) is 0 Å². The van der Waals surface area contributed by atoms with Gasteiger partial charge in [-0.05, 0) is 69.5 Å². The summed E-state index contributed by atoms with van der Waals surface area (Å²) in [7, 11) is 0. The average Bonchev–Trinajstić information content (AvgIpc) is 2.78. The molecule has 2 aliphatic rings. The van der Waals surface area contributed by atoms with Gasteiger partial charge in [-0.3, -0.25) is 4.90 Å². The molecule has 0 amide bonds. The number of nitrogens with one attached hydrogen (secondary N) is 1. The standard InChI is InChI=1S/C16H32N2/c1-4-10-17-12-14-7-8-15(14)18-11-9-16(5-2,6-3)13-18/h14-15,17H,4-13H2,1-3H3. The van der Waals surface area contributed by atoms with E-state index in [9.17, 15) is 0 Å². The zero-order chi connectivity index (χ0) is 13.0. The molecule has 2 nitrogen and oxygen atoms in total. The first-order valence-corrected chi connectivity index (χ1v) is 8.19. The fraction of sp³-hybridized carbons (Fsp3) is 1.00. The highest BCUT2D eigenvalue weighted by Crippen LogP contribution is 2.42. The maximum absolute atomic E-state index is 3.61. The molecule has 1 aliphatic heterocycles. The molecule has 2 rings (SSSR count). The summed E-state index contributed by atoms with van der Waals surface area (Å²) in [5.74, 6) is 0.932. The van der Waals surface area contributed by atoms with Gasteiger partial charge in [0.05, 0.1) is 0 Å². The molecule has 0 aromatic rings. The third-order valence-corrected chi connectivity index (χ3v) is 5.65. The molecule has 2 atom stereocenters. The Labute approximate surface area is 114 Å². The zero-order valence-electron chi connectivity index (χ0n) is 12.7. The lowest BCUT2D eigenvalue weighted by atomic mass is 9.77. The summed E-state index contributed by atoms with van der Waals surface area (Å²) in [6.07, 6.45) is 8.32. The fourth-order valence-corrected chi connectivity index (χ4v) is 3.81. The minimum absolute atomic E-state index is 0.650. The van der Waals surface area contributed by atoms with Crippen molar-refractivity contribution in [3.63, 3.8) is 0 Å². The summed E-state index contributed by atoms with van der Waals surface area (Å²) in [4.78, 5) is 2.81. The molecule has 1 saturated heterocycles. The molecule has 2 heteroatoms. The molecule has 18 heavy (non-hydrogen) atoms. The topological polar surface area (TPSA) is 15.3 Å². The van der Waals surface area contributed by atoms with Gasteiger partial charge in [0.1, 0.15) is 0 Å². The average molecular weight is 252 g/mol. The first kappa shape index (κ1) is 14.3. The van der Waals surface area contributed by atoms with Gasteiger partial charge < -0.3 is 5.32 Å². The molecule has 0 bridgehead atoms. The molecule has 0 aromatic heterocycles. The van der Waals surface area contributed by atoms with Gasteiger partial charge in [-0.1, -0.05) is 20.8 Å². The van der Waals surface area contributed by atoms with Crippen molar-refractivity contribution < 1.29 is 0 Å². The number of rotatable bonds is 7. The highest BCUT2D eigenvalue weighted by molar-refractivity contribution is 4.97. The first-order chi connectivity index (χ1) is 8.74. The molecule has 1 saturated carbocycles. The Kier molecular flexibility index (Phi) is 5.08. The Bertz CT molecular complexity index is 247. The van der Waals surface area contributed by atoms with Crippen LogP contribution >= 0.6 is 0 Å². The van der Waals surface area contributed by atoms with Gasteiger partial charge in [-0.25, -0.2) is 0 Å². The second kappa shape index (κ2) is 6.38. The first-order valence-electron chi connectivity index (χ1n) is 8.19. The van der Waals surface area contributed by atoms with E-state index >= 15 is 0 Å². The second-order valence-corrected chi connectivity index (χ2v) is 6.54. The van der Waals surface area contributed by atoms with E-state index in [0.29, 0.717) is 5.41 Å². The van der Waals surface area contributed by atoms with Crippen LogP contribution in [-0.4, -0.2) is 37.1 Å². The predicted molar refractivity (Wildman–Crippen MR) is 78.9 cm³/mol. The predicted octanol–water partition coefficient (Wildman–Crippen LogP) is 3.28. The highest BCUT2D eigenvalue weighted by Gasteiger charge is 2.42. The summed E-state index contributed by atoms with van der Waals surface area (Å²) in [5.41, 5.74) is 0.650. The Morgan fingerprint density at radius 3 is 2.44 bits per heavy atom. The molecule has 106 valence electrons. The fourth-order valence-electron chi connectivity index (χ4n) is 3.81.